The molecule has 54 valence electrons. The van der Waals surface area contributed by atoms with Gasteiger partial charge in [0.1, 0.15) is 12.8 Å². The second-order valence-corrected chi connectivity index (χ2v) is 1.60. The normalized spacial score (nSPS) is 15.3. The first-order valence-corrected chi connectivity index (χ1v) is 2.61. The highest BCUT2D eigenvalue weighted by molar-refractivity contribution is 5.88. The van der Waals surface area contributed by atoms with Gasteiger partial charge in [-0.25, -0.2) is 0 Å². The van der Waals surface area contributed by atoms with Gasteiger partial charge in [0.15, 0.2) is 0 Å². The average Bonchev–Trinajstić information content (AvgIpc) is 1.82. The molecule has 9 heavy (non-hydrogen) atoms. The maximum atomic E-state index is 8.77. The monoisotopic (exact) mass is 133 g/mol. The molecule has 0 radical (unpaired) electrons. The average molecular weight is 133 g/mol. The van der Waals surface area contributed by atoms with Crippen LogP contribution in [0.5, 0.6) is 0 Å². The van der Waals surface area contributed by atoms with Crippen LogP contribution in [0.2, 0.25) is 0 Å². The molecule has 0 fully saturated rings. The Balaban J connectivity index is 3.81. The molecule has 0 aromatic rings. The van der Waals surface area contributed by atoms with Gasteiger partial charge in [0.25, 0.3) is 0 Å². The summed E-state index contributed by atoms with van der Waals surface area (Å²) in [5, 5.41) is 20.6. The van der Waals surface area contributed by atoms with E-state index in [9.17, 15) is 0 Å². The molecule has 0 heterocycles. The van der Waals surface area contributed by atoms with E-state index in [2.05, 4.69) is 9.99 Å². The third kappa shape index (κ3) is 3.05. The van der Waals surface area contributed by atoms with Crippen molar-refractivity contribution in [2.45, 2.75) is 13.0 Å². The van der Waals surface area contributed by atoms with Crippen LogP contribution in [-0.2, 0) is 4.84 Å². The molecule has 0 aromatic carbocycles. The first-order chi connectivity index (χ1) is 4.22. The van der Waals surface area contributed by atoms with E-state index >= 15 is 0 Å². The quantitative estimate of drug-likeness (QED) is 0.397. The first kappa shape index (κ1) is 8.39. The molecule has 0 bridgehead atoms. The molecule has 1 unspecified atom stereocenters. The van der Waals surface area contributed by atoms with Crippen LogP contribution in [-0.4, -0.2) is 35.7 Å². The second-order valence-electron chi connectivity index (χ2n) is 1.60. The van der Waals surface area contributed by atoms with Crippen LogP contribution in [0.25, 0.3) is 0 Å². The van der Waals surface area contributed by atoms with Gasteiger partial charge >= 0.3 is 0 Å². The molecular formula is C5H11NO3. The van der Waals surface area contributed by atoms with E-state index < -0.39 is 6.10 Å². The van der Waals surface area contributed by atoms with E-state index in [0.29, 0.717) is 0 Å². The summed E-state index contributed by atoms with van der Waals surface area (Å²) in [4.78, 5) is 4.32. The van der Waals surface area contributed by atoms with Gasteiger partial charge in [-0.15, -0.1) is 0 Å². The Bertz CT molecular complexity index is 100. The minimum absolute atomic E-state index is 0.234. The molecule has 4 nitrogen and oxygen atoms in total. The lowest BCUT2D eigenvalue weighted by Gasteiger charge is -2.02. The zero-order valence-corrected chi connectivity index (χ0v) is 5.53. The Hall–Kier alpha value is -0.610. The van der Waals surface area contributed by atoms with Gasteiger partial charge in [0, 0.05) is 0 Å². The molecule has 0 saturated carbocycles. The number of hydrogen-bond donors (Lipinski definition) is 2. The Morgan fingerprint density at radius 1 is 1.78 bits per heavy atom. The van der Waals surface area contributed by atoms with Crippen LogP contribution < -0.4 is 0 Å². The fourth-order valence-corrected chi connectivity index (χ4v) is 0.355. The molecule has 0 saturated heterocycles. The van der Waals surface area contributed by atoms with E-state index in [1.165, 1.54) is 14.0 Å². The standard InChI is InChI=1S/C5H11NO3/c1-4(8)5(3-7)6-9-2/h4,7-8H,3H2,1-2H3/b6-5-. The molecule has 0 aliphatic rings. The molecule has 0 amide bonds. The summed E-state index contributed by atoms with van der Waals surface area (Å²) in [6.07, 6.45) is -0.741. The van der Waals surface area contributed by atoms with E-state index in [-0.39, 0.29) is 12.3 Å². The van der Waals surface area contributed by atoms with Crippen LogP contribution in [0.4, 0.5) is 0 Å². The molecule has 0 aliphatic carbocycles. The summed E-state index contributed by atoms with van der Waals surface area (Å²) < 4.78 is 0. The van der Waals surface area contributed by atoms with E-state index in [1.54, 1.807) is 0 Å². The van der Waals surface area contributed by atoms with Crippen molar-refractivity contribution >= 4 is 5.71 Å². The van der Waals surface area contributed by atoms with Crippen molar-refractivity contribution in [2.24, 2.45) is 5.16 Å². The third-order valence-electron chi connectivity index (χ3n) is 0.853. The lowest BCUT2D eigenvalue weighted by molar-refractivity contribution is 0.190. The van der Waals surface area contributed by atoms with Crippen LogP contribution >= 0.6 is 0 Å². The summed E-state index contributed by atoms with van der Waals surface area (Å²) in [7, 11) is 1.36. The Labute approximate surface area is 53.8 Å². The fourth-order valence-electron chi connectivity index (χ4n) is 0.355. The van der Waals surface area contributed by atoms with Crippen molar-refractivity contribution < 1.29 is 15.1 Å². The van der Waals surface area contributed by atoms with Crippen LogP contribution in [0.3, 0.4) is 0 Å². The minimum Gasteiger partial charge on any atom is -0.399 e. The van der Waals surface area contributed by atoms with Gasteiger partial charge in [-0.05, 0) is 6.92 Å². The molecule has 0 aliphatic heterocycles. The Morgan fingerprint density at radius 2 is 2.33 bits per heavy atom. The van der Waals surface area contributed by atoms with Crippen molar-refractivity contribution in [1.82, 2.24) is 0 Å². The topological polar surface area (TPSA) is 62.0 Å². The van der Waals surface area contributed by atoms with Crippen molar-refractivity contribution in [1.29, 1.82) is 0 Å². The predicted octanol–water partition coefficient (Wildman–Crippen LogP) is -0.638. The number of hydrogen-bond acceptors (Lipinski definition) is 4. The Morgan fingerprint density at radius 3 is 2.44 bits per heavy atom. The van der Waals surface area contributed by atoms with E-state index in [0.717, 1.165) is 0 Å². The van der Waals surface area contributed by atoms with Gasteiger partial charge in [0.05, 0.1) is 12.7 Å². The zero-order valence-electron chi connectivity index (χ0n) is 5.53. The number of nitrogens with zero attached hydrogens (tertiary/aromatic N) is 1. The van der Waals surface area contributed by atoms with Crippen molar-refractivity contribution in [3.05, 3.63) is 0 Å². The maximum Gasteiger partial charge on any atom is 0.111 e. The molecule has 4 heteroatoms. The van der Waals surface area contributed by atoms with E-state index in [4.69, 9.17) is 10.2 Å². The van der Waals surface area contributed by atoms with E-state index in [1.807, 2.05) is 0 Å². The minimum atomic E-state index is -0.741. The zero-order chi connectivity index (χ0) is 7.28. The van der Waals surface area contributed by atoms with Gasteiger partial charge in [-0.3, -0.25) is 0 Å². The summed E-state index contributed by atoms with van der Waals surface area (Å²) in [5.74, 6) is 0. The lowest BCUT2D eigenvalue weighted by atomic mass is 10.3. The third-order valence-corrected chi connectivity index (χ3v) is 0.853. The summed E-state index contributed by atoms with van der Waals surface area (Å²) in [6, 6.07) is 0. The number of oxime groups is 1. The van der Waals surface area contributed by atoms with Crippen LogP contribution in [0, 0.1) is 0 Å². The first-order valence-electron chi connectivity index (χ1n) is 2.61. The number of aliphatic hydroxyl groups is 2. The van der Waals surface area contributed by atoms with Crippen LogP contribution in [0.15, 0.2) is 5.16 Å². The highest BCUT2D eigenvalue weighted by Crippen LogP contribution is 1.86. The van der Waals surface area contributed by atoms with Gasteiger partial charge in [0.2, 0.25) is 0 Å². The summed E-state index contributed by atoms with van der Waals surface area (Å²) in [5.41, 5.74) is 0.234. The molecular weight excluding hydrogens is 122 g/mol. The predicted molar refractivity (Wildman–Crippen MR) is 33.2 cm³/mol. The summed E-state index contributed by atoms with van der Waals surface area (Å²) >= 11 is 0. The fraction of sp³-hybridized carbons (Fsp3) is 0.800. The SMILES string of the molecule is CO/N=C(/CO)C(C)O. The highest BCUT2D eigenvalue weighted by atomic mass is 16.6. The molecule has 2 N–H and O–H groups in total. The highest BCUT2D eigenvalue weighted by Gasteiger charge is 2.04. The number of rotatable bonds is 3. The molecule has 0 rings (SSSR count). The van der Waals surface area contributed by atoms with Crippen molar-refractivity contribution in [3.63, 3.8) is 0 Å². The smallest absolute Gasteiger partial charge is 0.111 e. The second kappa shape index (κ2) is 4.29. The maximum absolute atomic E-state index is 8.77. The van der Waals surface area contributed by atoms with Gasteiger partial charge in [-0.2, -0.15) is 0 Å². The Kier molecular flexibility index (Phi) is 4.00. The molecule has 0 spiro atoms. The van der Waals surface area contributed by atoms with Gasteiger partial charge < -0.3 is 15.1 Å². The summed E-state index contributed by atoms with van der Waals surface area (Å²) in [6.45, 7) is 1.24. The lowest BCUT2D eigenvalue weighted by Crippen LogP contribution is -2.20. The van der Waals surface area contributed by atoms with Crippen molar-refractivity contribution in [3.8, 4) is 0 Å². The number of aliphatic hydroxyl groups excluding tert-OH is 2. The molecule has 0 aromatic heterocycles. The largest absolute Gasteiger partial charge is 0.399 e. The molecule has 1 atom stereocenters. The van der Waals surface area contributed by atoms with Crippen LogP contribution in [0.1, 0.15) is 6.92 Å². The van der Waals surface area contributed by atoms with Crippen molar-refractivity contribution in [2.75, 3.05) is 13.7 Å². The van der Waals surface area contributed by atoms with Gasteiger partial charge in [-0.1, -0.05) is 5.16 Å².